The Morgan fingerprint density at radius 2 is 2.21 bits per heavy atom. The van der Waals surface area contributed by atoms with Gasteiger partial charge in [-0.05, 0) is 37.5 Å². The second-order valence-corrected chi connectivity index (χ2v) is 3.68. The van der Waals surface area contributed by atoms with Gasteiger partial charge >= 0.3 is 0 Å². The van der Waals surface area contributed by atoms with Crippen LogP contribution < -0.4 is 0 Å². The second kappa shape index (κ2) is 4.64. The third-order valence-corrected chi connectivity index (χ3v) is 2.05. The van der Waals surface area contributed by atoms with Crippen molar-refractivity contribution in [2.45, 2.75) is 20.3 Å². The van der Waals surface area contributed by atoms with E-state index in [1.54, 1.807) is 0 Å². The molecule has 72 valence electrons. The Bertz CT molecular complexity index is 390. The average Bonchev–Trinajstić information content (AvgIpc) is 2.09. The number of rotatable bonds is 3. The van der Waals surface area contributed by atoms with E-state index in [9.17, 15) is 0 Å². The zero-order chi connectivity index (χ0) is 10.6. The predicted molar refractivity (Wildman–Crippen MR) is 63.3 cm³/mol. The Morgan fingerprint density at radius 1 is 1.50 bits per heavy atom. The van der Waals surface area contributed by atoms with Crippen molar-refractivity contribution in [2.75, 3.05) is 0 Å². The van der Waals surface area contributed by atoms with Crippen LogP contribution in [-0.4, -0.2) is 0 Å². The SMILES string of the molecule is C=C=Cc1ccc(C)cc1CC(=C)C. The summed E-state index contributed by atoms with van der Waals surface area (Å²) >= 11 is 0. The molecule has 0 saturated heterocycles. The lowest BCUT2D eigenvalue weighted by atomic mass is 9.99. The van der Waals surface area contributed by atoms with Crippen LogP contribution in [-0.2, 0) is 6.42 Å². The molecular formula is C14H16. The standard InChI is InChI=1S/C14H16/c1-5-6-13-8-7-12(4)10-14(13)9-11(2)3/h6-8,10H,1-2,9H2,3-4H3. The maximum absolute atomic E-state index is 3.93. The van der Waals surface area contributed by atoms with Crippen LogP contribution >= 0.6 is 0 Å². The van der Waals surface area contributed by atoms with Crippen molar-refractivity contribution in [1.29, 1.82) is 0 Å². The van der Waals surface area contributed by atoms with E-state index in [0.29, 0.717) is 0 Å². The van der Waals surface area contributed by atoms with Crippen molar-refractivity contribution in [3.63, 3.8) is 0 Å². The van der Waals surface area contributed by atoms with Crippen molar-refractivity contribution in [3.05, 3.63) is 59.4 Å². The monoisotopic (exact) mass is 184 g/mol. The fraction of sp³-hybridized carbons (Fsp3) is 0.214. The van der Waals surface area contributed by atoms with Gasteiger partial charge in [-0.3, -0.25) is 0 Å². The zero-order valence-electron chi connectivity index (χ0n) is 8.93. The quantitative estimate of drug-likeness (QED) is 0.493. The van der Waals surface area contributed by atoms with Gasteiger partial charge in [0, 0.05) is 0 Å². The molecule has 0 bridgehead atoms. The normalized spacial score (nSPS) is 9.29. The van der Waals surface area contributed by atoms with Crippen LogP contribution in [0.15, 0.2) is 42.7 Å². The fourth-order valence-electron chi connectivity index (χ4n) is 1.46. The smallest absolute Gasteiger partial charge is 0.00663 e. The molecule has 0 aliphatic heterocycles. The highest BCUT2D eigenvalue weighted by Crippen LogP contribution is 2.16. The molecule has 1 rings (SSSR count). The molecule has 1 aromatic carbocycles. The van der Waals surface area contributed by atoms with Gasteiger partial charge in [0.2, 0.25) is 0 Å². The number of hydrogen-bond acceptors (Lipinski definition) is 0. The molecule has 0 heterocycles. The van der Waals surface area contributed by atoms with Gasteiger partial charge in [-0.2, -0.15) is 0 Å². The fourth-order valence-corrected chi connectivity index (χ4v) is 1.46. The third-order valence-electron chi connectivity index (χ3n) is 2.05. The predicted octanol–water partition coefficient (Wildman–Crippen LogP) is 3.91. The highest BCUT2D eigenvalue weighted by molar-refractivity contribution is 5.54. The molecule has 0 fully saturated rings. The van der Waals surface area contributed by atoms with Crippen molar-refractivity contribution < 1.29 is 0 Å². The molecule has 0 nitrogen and oxygen atoms in total. The highest BCUT2D eigenvalue weighted by Gasteiger charge is 2.00. The van der Waals surface area contributed by atoms with Gasteiger partial charge in [0.15, 0.2) is 0 Å². The molecular weight excluding hydrogens is 168 g/mol. The first kappa shape index (κ1) is 10.6. The van der Waals surface area contributed by atoms with Crippen molar-refractivity contribution in [2.24, 2.45) is 0 Å². The van der Waals surface area contributed by atoms with E-state index < -0.39 is 0 Å². The summed E-state index contributed by atoms with van der Waals surface area (Å²) in [6.07, 6.45) is 2.84. The molecule has 1 aromatic rings. The molecule has 0 aromatic heterocycles. The van der Waals surface area contributed by atoms with Crippen molar-refractivity contribution in [3.8, 4) is 0 Å². The average molecular weight is 184 g/mol. The van der Waals surface area contributed by atoms with Gasteiger partial charge in [0.05, 0.1) is 0 Å². The molecule has 0 saturated carbocycles. The Balaban J connectivity index is 3.14. The molecule has 0 aliphatic carbocycles. The summed E-state index contributed by atoms with van der Waals surface area (Å²) in [5.74, 6) is 0. The number of allylic oxidation sites excluding steroid dienone is 1. The van der Waals surface area contributed by atoms with E-state index in [0.717, 1.165) is 6.42 Å². The van der Waals surface area contributed by atoms with Crippen LogP contribution in [0.5, 0.6) is 0 Å². The van der Waals surface area contributed by atoms with Crippen molar-refractivity contribution >= 4 is 6.08 Å². The van der Waals surface area contributed by atoms with Crippen LogP contribution in [0, 0.1) is 6.92 Å². The lowest BCUT2D eigenvalue weighted by Crippen LogP contribution is -1.91. The van der Waals surface area contributed by atoms with E-state index in [1.807, 2.05) is 13.0 Å². The van der Waals surface area contributed by atoms with Gasteiger partial charge in [0.25, 0.3) is 0 Å². The maximum Gasteiger partial charge on any atom is -0.00663 e. The van der Waals surface area contributed by atoms with Crippen LogP contribution in [0.2, 0.25) is 0 Å². The van der Waals surface area contributed by atoms with Gasteiger partial charge in [0.1, 0.15) is 0 Å². The summed E-state index contributed by atoms with van der Waals surface area (Å²) in [5, 5.41) is 0. The lowest BCUT2D eigenvalue weighted by Gasteiger charge is -2.06. The largest absolute Gasteiger partial charge is 0.128 e. The molecule has 0 atom stereocenters. The molecule has 14 heavy (non-hydrogen) atoms. The van der Waals surface area contributed by atoms with Gasteiger partial charge in [-0.15, -0.1) is 5.73 Å². The van der Waals surface area contributed by atoms with E-state index in [2.05, 4.69) is 44.0 Å². The first-order valence-corrected chi connectivity index (χ1v) is 4.73. The van der Waals surface area contributed by atoms with Gasteiger partial charge in [-0.25, -0.2) is 0 Å². The summed E-state index contributed by atoms with van der Waals surface area (Å²) in [4.78, 5) is 0. The topological polar surface area (TPSA) is 0 Å². The third kappa shape index (κ3) is 2.76. The molecule has 0 radical (unpaired) electrons. The zero-order valence-corrected chi connectivity index (χ0v) is 8.93. The second-order valence-electron chi connectivity index (χ2n) is 3.68. The summed E-state index contributed by atoms with van der Waals surface area (Å²) in [6.45, 7) is 11.7. The summed E-state index contributed by atoms with van der Waals surface area (Å²) < 4.78 is 0. The Labute approximate surface area is 86.3 Å². The minimum atomic E-state index is 0.926. The molecule has 0 spiro atoms. The van der Waals surface area contributed by atoms with E-state index in [1.165, 1.54) is 22.3 Å². The molecule has 0 amide bonds. The maximum atomic E-state index is 3.93. The highest BCUT2D eigenvalue weighted by atomic mass is 14.0. The van der Waals surface area contributed by atoms with Crippen LogP contribution in [0.3, 0.4) is 0 Å². The summed E-state index contributed by atoms with van der Waals surface area (Å²) in [5.41, 5.74) is 7.76. The lowest BCUT2D eigenvalue weighted by molar-refractivity contribution is 1.14. The number of aryl methyl sites for hydroxylation is 1. The molecule has 0 unspecified atom stereocenters. The molecule has 0 heteroatoms. The number of hydrogen-bond donors (Lipinski definition) is 0. The number of benzene rings is 1. The Morgan fingerprint density at radius 3 is 2.79 bits per heavy atom. The first-order valence-electron chi connectivity index (χ1n) is 4.73. The van der Waals surface area contributed by atoms with Crippen molar-refractivity contribution in [1.82, 2.24) is 0 Å². The van der Waals surface area contributed by atoms with Crippen LogP contribution in [0.1, 0.15) is 23.6 Å². The summed E-state index contributed by atoms with van der Waals surface area (Å²) in [6, 6.07) is 6.40. The van der Waals surface area contributed by atoms with Gasteiger partial charge in [-0.1, -0.05) is 42.5 Å². The Hall–Kier alpha value is -1.52. The molecule has 0 aliphatic rings. The Kier molecular flexibility index (Phi) is 3.50. The van der Waals surface area contributed by atoms with Crippen LogP contribution in [0.25, 0.3) is 6.08 Å². The van der Waals surface area contributed by atoms with E-state index in [-0.39, 0.29) is 0 Å². The van der Waals surface area contributed by atoms with Gasteiger partial charge < -0.3 is 0 Å². The van der Waals surface area contributed by atoms with Crippen LogP contribution in [0.4, 0.5) is 0 Å². The minimum Gasteiger partial charge on any atom is -0.128 e. The van der Waals surface area contributed by atoms with E-state index in [4.69, 9.17) is 0 Å². The summed E-state index contributed by atoms with van der Waals surface area (Å²) in [7, 11) is 0. The van der Waals surface area contributed by atoms with E-state index >= 15 is 0 Å². The molecule has 0 N–H and O–H groups in total. The minimum absolute atomic E-state index is 0.926. The first-order chi connectivity index (χ1) is 6.63.